The number of carbonyl (C=O) groups is 1. The summed E-state index contributed by atoms with van der Waals surface area (Å²) < 4.78 is 0. The first-order valence-electron chi connectivity index (χ1n) is 11.9. The van der Waals surface area contributed by atoms with Crippen molar-refractivity contribution in [2.45, 2.75) is 71.3 Å². The summed E-state index contributed by atoms with van der Waals surface area (Å²) in [6, 6.07) is 8.28. The van der Waals surface area contributed by atoms with Crippen molar-refractivity contribution >= 4 is 5.78 Å². The number of fused-ring (bicyclic) bond motifs is 5. The van der Waals surface area contributed by atoms with E-state index in [9.17, 15) is 9.90 Å². The van der Waals surface area contributed by atoms with Gasteiger partial charge in [0.1, 0.15) is 5.60 Å². The first kappa shape index (κ1) is 20.1. The Morgan fingerprint density at radius 1 is 1.10 bits per heavy atom. The molecule has 0 bridgehead atoms. The van der Waals surface area contributed by atoms with Crippen LogP contribution in [-0.4, -0.2) is 16.5 Å². The number of rotatable bonds is 0. The highest BCUT2D eigenvalue weighted by Crippen LogP contribution is 2.65. The molecule has 1 aromatic rings. The molecule has 5 rings (SSSR count). The quantitative estimate of drug-likeness (QED) is 0.585. The number of ketones is 1. The molecule has 30 heavy (non-hydrogen) atoms. The molecule has 4 unspecified atom stereocenters. The van der Waals surface area contributed by atoms with Crippen molar-refractivity contribution < 1.29 is 9.90 Å². The second-order valence-electron chi connectivity index (χ2n) is 10.8. The van der Waals surface area contributed by atoms with Gasteiger partial charge in [-0.1, -0.05) is 49.0 Å². The number of hydrogen-bond acceptors (Lipinski definition) is 2. The van der Waals surface area contributed by atoms with Crippen molar-refractivity contribution in [1.29, 1.82) is 0 Å². The molecule has 0 spiro atoms. The van der Waals surface area contributed by atoms with Crippen LogP contribution in [-0.2, 0) is 4.79 Å². The third-order valence-electron chi connectivity index (χ3n) is 9.26. The molecule has 0 heterocycles. The first-order chi connectivity index (χ1) is 14.3. The number of benzene rings is 1. The Balaban J connectivity index is 1.44. The molecule has 158 valence electrons. The summed E-state index contributed by atoms with van der Waals surface area (Å²) in [6.07, 6.45) is 8.87. The standard InChI is InChI=1S/C28H34O2/c1-18-4-6-20(7-5-18)10-14-28(30)15-12-25-26-19(2)16-21-17-22(29)8-9-23(21)24(26)11-13-27(25,28)3/h4-7,17,19,23-26,30H,8-9,11-13,15-16H2,1-3H3/t19-,23?,24?,25?,26?,27+,28+/m1/s1. The molecule has 0 saturated heterocycles. The van der Waals surface area contributed by atoms with Crippen molar-refractivity contribution in [2.75, 3.05) is 0 Å². The molecule has 3 saturated carbocycles. The van der Waals surface area contributed by atoms with Crippen LogP contribution in [0.25, 0.3) is 0 Å². The van der Waals surface area contributed by atoms with Gasteiger partial charge < -0.3 is 5.11 Å². The molecule has 4 aliphatic rings. The molecule has 1 aromatic carbocycles. The monoisotopic (exact) mass is 402 g/mol. The third-order valence-corrected chi connectivity index (χ3v) is 9.26. The smallest absolute Gasteiger partial charge is 0.155 e. The summed E-state index contributed by atoms with van der Waals surface area (Å²) in [5.74, 6) is 10.0. The van der Waals surface area contributed by atoms with Gasteiger partial charge in [0.25, 0.3) is 0 Å². The van der Waals surface area contributed by atoms with Crippen LogP contribution in [0.4, 0.5) is 0 Å². The maximum Gasteiger partial charge on any atom is 0.155 e. The molecule has 0 aromatic heterocycles. The van der Waals surface area contributed by atoms with Crippen LogP contribution in [0.2, 0.25) is 0 Å². The molecular weight excluding hydrogens is 368 g/mol. The van der Waals surface area contributed by atoms with E-state index in [-0.39, 0.29) is 5.41 Å². The fourth-order valence-electron chi connectivity index (χ4n) is 7.62. The lowest BCUT2D eigenvalue weighted by atomic mass is 9.48. The van der Waals surface area contributed by atoms with Gasteiger partial charge >= 0.3 is 0 Å². The highest BCUT2D eigenvalue weighted by atomic mass is 16.3. The molecule has 0 amide bonds. The Kier molecular flexibility index (Phi) is 4.75. The number of aliphatic hydroxyl groups is 1. The molecule has 4 aliphatic carbocycles. The summed E-state index contributed by atoms with van der Waals surface area (Å²) in [5.41, 5.74) is 2.62. The number of hydrogen-bond donors (Lipinski definition) is 1. The van der Waals surface area contributed by atoms with Gasteiger partial charge in [-0.2, -0.15) is 0 Å². The lowest BCUT2D eigenvalue weighted by Gasteiger charge is -2.56. The van der Waals surface area contributed by atoms with Gasteiger partial charge in [-0.15, -0.1) is 0 Å². The van der Waals surface area contributed by atoms with E-state index in [2.05, 4.69) is 56.9 Å². The maximum atomic E-state index is 12.0. The lowest BCUT2D eigenvalue weighted by Crippen LogP contribution is -2.54. The predicted octanol–water partition coefficient (Wildman–Crippen LogP) is 5.47. The Labute approximate surface area is 181 Å². The van der Waals surface area contributed by atoms with Crippen LogP contribution in [0.1, 0.15) is 69.9 Å². The minimum absolute atomic E-state index is 0.133. The summed E-state index contributed by atoms with van der Waals surface area (Å²) in [4.78, 5) is 12.0. The fourth-order valence-corrected chi connectivity index (χ4v) is 7.62. The maximum absolute atomic E-state index is 12.0. The zero-order valence-electron chi connectivity index (χ0n) is 18.6. The number of allylic oxidation sites excluding steroid dienone is 1. The fraction of sp³-hybridized carbons (Fsp3) is 0.607. The van der Waals surface area contributed by atoms with Gasteiger partial charge in [0, 0.05) is 17.4 Å². The molecule has 2 heteroatoms. The van der Waals surface area contributed by atoms with Crippen molar-refractivity contribution in [1.82, 2.24) is 0 Å². The lowest BCUT2D eigenvalue weighted by molar-refractivity contribution is -0.117. The van der Waals surface area contributed by atoms with Gasteiger partial charge in [-0.25, -0.2) is 0 Å². The van der Waals surface area contributed by atoms with Gasteiger partial charge in [0.2, 0.25) is 0 Å². The van der Waals surface area contributed by atoms with E-state index < -0.39 is 5.60 Å². The first-order valence-corrected chi connectivity index (χ1v) is 11.9. The van der Waals surface area contributed by atoms with Gasteiger partial charge in [0.15, 0.2) is 5.78 Å². The van der Waals surface area contributed by atoms with Crippen molar-refractivity contribution in [3.05, 3.63) is 47.0 Å². The van der Waals surface area contributed by atoms with E-state index in [0.717, 1.165) is 50.5 Å². The van der Waals surface area contributed by atoms with Crippen molar-refractivity contribution in [3.8, 4) is 11.8 Å². The molecule has 2 nitrogen and oxygen atoms in total. The SMILES string of the molecule is Cc1ccc(C#C[C@]2(O)CCC3C4C(CC[C@@]32C)C2CCC(=O)C=C2C[C@H]4C)cc1. The van der Waals surface area contributed by atoms with E-state index in [0.29, 0.717) is 35.4 Å². The summed E-state index contributed by atoms with van der Waals surface area (Å²) in [5, 5.41) is 11.8. The van der Waals surface area contributed by atoms with Crippen LogP contribution in [0, 0.1) is 53.8 Å². The van der Waals surface area contributed by atoms with Gasteiger partial charge in [-0.3, -0.25) is 4.79 Å². The Bertz CT molecular complexity index is 945. The van der Waals surface area contributed by atoms with Gasteiger partial charge in [0.05, 0.1) is 0 Å². The van der Waals surface area contributed by atoms with Crippen LogP contribution in [0.15, 0.2) is 35.9 Å². The molecule has 3 fully saturated rings. The summed E-state index contributed by atoms with van der Waals surface area (Å²) >= 11 is 0. The zero-order valence-corrected chi connectivity index (χ0v) is 18.6. The second-order valence-corrected chi connectivity index (χ2v) is 10.8. The summed E-state index contributed by atoms with van der Waals surface area (Å²) in [6.45, 7) is 6.78. The van der Waals surface area contributed by atoms with Gasteiger partial charge in [-0.05, 0) is 93.2 Å². The van der Waals surface area contributed by atoms with E-state index in [1.54, 1.807) is 0 Å². The average Bonchev–Trinajstić information content (AvgIpc) is 2.98. The molecular formula is C28H34O2. The molecule has 0 radical (unpaired) electrons. The molecule has 1 N–H and O–H groups in total. The van der Waals surface area contributed by atoms with Crippen LogP contribution in [0.3, 0.4) is 0 Å². The Hall–Kier alpha value is -1.85. The van der Waals surface area contributed by atoms with Crippen LogP contribution >= 0.6 is 0 Å². The van der Waals surface area contributed by atoms with E-state index in [1.165, 1.54) is 11.1 Å². The highest BCUT2D eigenvalue weighted by Gasteiger charge is 2.63. The molecule has 0 aliphatic heterocycles. The Morgan fingerprint density at radius 2 is 1.87 bits per heavy atom. The van der Waals surface area contributed by atoms with Crippen molar-refractivity contribution in [2.24, 2.45) is 35.0 Å². The van der Waals surface area contributed by atoms with Crippen molar-refractivity contribution in [3.63, 3.8) is 0 Å². The highest BCUT2D eigenvalue weighted by molar-refractivity contribution is 5.91. The van der Waals surface area contributed by atoms with Crippen LogP contribution in [0.5, 0.6) is 0 Å². The minimum atomic E-state index is -0.897. The molecule has 7 atom stereocenters. The second kappa shape index (κ2) is 7.10. The average molecular weight is 403 g/mol. The van der Waals surface area contributed by atoms with E-state index in [4.69, 9.17) is 0 Å². The zero-order chi connectivity index (χ0) is 21.1. The van der Waals surface area contributed by atoms with E-state index >= 15 is 0 Å². The largest absolute Gasteiger partial charge is 0.377 e. The third kappa shape index (κ3) is 3.01. The number of aryl methyl sites for hydroxylation is 1. The minimum Gasteiger partial charge on any atom is -0.377 e. The predicted molar refractivity (Wildman–Crippen MR) is 120 cm³/mol. The summed E-state index contributed by atoms with van der Waals surface area (Å²) in [7, 11) is 0. The normalized spacial score (nSPS) is 42.3. The van der Waals surface area contributed by atoms with Crippen LogP contribution < -0.4 is 0 Å². The number of carbonyl (C=O) groups excluding carboxylic acids is 1. The Morgan fingerprint density at radius 3 is 2.63 bits per heavy atom. The topological polar surface area (TPSA) is 37.3 Å². The van der Waals surface area contributed by atoms with E-state index in [1.807, 2.05) is 6.08 Å².